The predicted molar refractivity (Wildman–Crippen MR) is 138 cm³/mol. The molecule has 4 N–H and O–H groups in total. The summed E-state index contributed by atoms with van der Waals surface area (Å²) in [5.74, 6) is 0.906. The topological polar surface area (TPSA) is 132 Å². The SMILES string of the molecule is CC(C)c1cncc(Nc2c(-c3ccc(-c4ccc(C5(C(=O)O)CC5)cc4CN)cn3)cnn2C)n1. The minimum Gasteiger partial charge on any atom is -0.481 e. The maximum atomic E-state index is 11.7. The van der Waals surface area contributed by atoms with E-state index >= 15 is 0 Å². The Balaban J connectivity index is 1.43. The lowest BCUT2D eigenvalue weighted by atomic mass is 9.90. The van der Waals surface area contributed by atoms with Crippen LogP contribution in [0.4, 0.5) is 11.6 Å². The first kappa shape index (κ1) is 23.6. The molecule has 184 valence electrons. The van der Waals surface area contributed by atoms with E-state index in [-0.39, 0.29) is 5.92 Å². The zero-order valence-electron chi connectivity index (χ0n) is 20.6. The van der Waals surface area contributed by atoms with Crippen molar-refractivity contribution in [2.45, 2.75) is 44.6 Å². The van der Waals surface area contributed by atoms with Gasteiger partial charge >= 0.3 is 5.97 Å². The second-order valence-corrected chi connectivity index (χ2v) is 9.53. The zero-order chi connectivity index (χ0) is 25.4. The van der Waals surface area contributed by atoms with Crippen LogP contribution in [0.3, 0.4) is 0 Å². The summed E-state index contributed by atoms with van der Waals surface area (Å²) in [7, 11) is 1.86. The Labute approximate surface area is 209 Å². The molecule has 0 atom stereocenters. The average molecular weight is 484 g/mol. The number of pyridine rings is 1. The van der Waals surface area contributed by atoms with Crippen LogP contribution in [-0.2, 0) is 23.8 Å². The van der Waals surface area contributed by atoms with Crippen molar-refractivity contribution >= 4 is 17.6 Å². The lowest BCUT2D eigenvalue weighted by molar-refractivity contribution is -0.140. The van der Waals surface area contributed by atoms with Crippen LogP contribution >= 0.6 is 0 Å². The molecule has 0 spiro atoms. The minimum atomic E-state index is -0.771. The first-order valence-electron chi connectivity index (χ1n) is 12.0. The van der Waals surface area contributed by atoms with Gasteiger partial charge in [-0.3, -0.25) is 19.4 Å². The second-order valence-electron chi connectivity index (χ2n) is 9.53. The van der Waals surface area contributed by atoms with Crippen molar-refractivity contribution in [3.63, 3.8) is 0 Å². The van der Waals surface area contributed by atoms with Crippen LogP contribution < -0.4 is 11.1 Å². The van der Waals surface area contributed by atoms with E-state index in [2.05, 4.69) is 34.2 Å². The molecule has 0 radical (unpaired) electrons. The molecule has 3 heterocycles. The molecular weight excluding hydrogens is 454 g/mol. The number of nitrogens with two attached hydrogens (primary N) is 1. The minimum absolute atomic E-state index is 0.269. The van der Waals surface area contributed by atoms with Gasteiger partial charge < -0.3 is 16.2 Å². The van der Waals surface area contributed by atoms with Gasteiger partial charge in [0, 0.05) is 31.5 Å². The quantitative estimate of drug-likeness (QED) is 0.336. The number of carboxylic acids is 1. The number of rotatable bonds is 8. The van der Waals surface area contributed by atoms with Crippen LogP contribution in [0.15, 0.2) is 55.1 Å². The van der Waals surface area contributed by atoms with Crippen molar-refractivity contribution < 1.29 is 9.90 Å². The summed E-state index contributed by atoms with van der Waals surface area (Å²) in [6, 6.07) is 9.73. The summed E-state index contributed by atoms with van der Waals surface area (Å²) in [4.78, 5) is 25.4. The van der Waals surface area contributed by atoms with Crippen LogP contribution in [0.25, 0.3) is 22.4 Å². The van der Waals surface area contributed by atoms with Crippen LogP contribution in [0.1, 0.15) is 49.4 Å². The van der Waals surface area contributed by atoms with Crippen molar-refractivity contribution in [1.82, 2.24) is 24.7 Å². The molecule has 4 aromatic rings. The molecule has 1 aliphatic rings. The average Bonchev–Trinajstić information content (AvgIpc) is 3.63. The number of hydrogen-bond acceptors (Lipinski definition) is 7. The molecule has 0 saturated heterocycles. The molecule has 5 rings (SSSR count). The smallest absolute Gasteiger partial charge is 0.314 e. The molecule has 9 heteroatoms. The van der Waals surface area contributed by atoms with Gasteiger partial charge in [-0.05, 0) is 41.5 Å². The molecule has 9 nitrogen and oxygen atoms in total. The van der Waals surface area contributed by atoms with Gasteiger partial charge in [0.05, 0.1) is 34.8 Å². The summed E-state index contributed by atoms with van der Waals surface area (Å²) < 4.78 is 1.75. The molecule has 3 aromatic heterocycles. The number of aryl methyl sites for hydroxylation is 1. The van der Waals surface area contributed by atoms with E-state index in [0.29, 0.717) is 25.2 Å². The Kier molecular flexibility index (Phi) is 6.01. The van der Waals surface area contributed by atoms with Crippen LogP contribution in [0.2, 0.25) is 0 Å². The molecule has 1 fully saturated rings. The Morgan fingerprint density at radius 1 is 1.14 bits per heavy atom. The van der Waals surface area contributed by atoms with E-state index in [0.717, 1.165) is 45.0 Å². The number of nitrogens with zero attached hydrogens (tertiary/aromatic N) is 5. The fourth-order valence-corrected chi connectivity index (χ4v) is 4.42. The summed E-state index contributed by atoms with van der Waals surface area (Å²) in [6.45, 7) is 4.47. The predicted octanol–water partition coefficient (Wildman–Crippen LogP) is 4.38. The number of carbonyl (C=O) groups is 1. The summed E-state index contributed by atoms with van der Waals surface area (Å²) in [5, 5.41) is 17.4. The standard InChI is InChI=1S/C27H29N7O2/c1-16(2)23-14-29-15-24(32-23)33-25-21(13-31-34(25)3)22-7-4-17(12-30-22)20-6-5-19(10-18(20)11-28)27(8-9-27)26(35)36/h4-7,10,12-16H,8-9,11,28H2,1-3H3,(H,32,33)(H,35,36). The van der Waals surface area contributed by atoms with Gasteiger partial charge in [-0.2, -0.15) is 5.10 Å². The largest absolute Gasteiger partial charge is 0.481 e. The second kappa shape index (κ2) is 9.16. The number of carboxylic acid groups (broad SMARTS) is 1. The fourth-order valence-electron chi connectivity index (χ4n) is 4.42. The van der Waals surface area contributed by atoms with E-state index in [4.69, 9.17) is 10.7 Å². The Hall–Kier alpha value is -4.11. The van der Waals surface area contributed by atoms with Crippen molar-refractivity contribution in [2.24, 2.45) is 12.8 Å². The molecule has 1 aromatic carbocycles. The molecule has 1 saturated carbocycles. The Morgan fingerprint density at radius 2 is 1.94 bits per heavy atom. The monoisotopic (exact) mass is 483 g/mol. The Morgan fingerprint density at radius 3 is 2.58 bits per heavy atom. The normalized spacial score (nSPS) is 14.1. The van der Waals surface area contributed by atoms with Crippen molar-refractivity contribution in [3.05, 3.63) is 71.9 Å². The number of aliphatic carboxylic acids is 1. The highest BCUT2D eigenvalue weighted by Crippen LogP contribution is 2.49. The van der Waals surface area contributed by atoms with Crippen LogP contribution in [-0.4, -0.2) is 35.8 Å². The molecular formula is C27H29N7O2. The lowest BCUT2D eigenvalue weighted by Crippen LogP contribution is -2.20. The van der Waals surface area contributed by atoms with Gasteiger partial charge in [-0.1, -0.05) is 38.1 Å². The first-order chi connectivity index (χ1) is 17.3. The van der Waals surface area contributed by atoms with E-state index in [9.17, 15) is 9.90 Å². The summed E-state index contributed by atoms with van der Waals surface area (Å²) in [5.41, 5.74) is 11.4. The molecule has 0 unspecified atom stereocenters. The highest BCUT2D eigenvalue weighted by atomic mass is 16.4. The Bertz CT molecular complexity index is 1420. The van der Waals surface area contributed by atoms with Gasteiger partial charge in [0.2, 0.25) is 0 Å². The third-order valence-electron chi connectivity index (χ3n) is 6.82. The summed E-state index contributed by atoms with van der Waals surface area (Å²) in [6.07, 6.45) is 8.37. The molecule has 0 amide bonds. The van der Waals surface area contributed by atoms with Crippen LogP contribution in [0, 0.1) is 0 Å². The third-order valence-corrected chi connectivity index (χ3v) is 6.82. The van der Waals surface area contributed by atoms with E-state index in [1.807, 2.05) is 43.6 Å². The number of anilines is 2. The first-order valence-corrected chi connectivity index (χ1v) is 12.0. The number of benzene rings is 1. The molecule has 0 aliphatic heterocycles. The third kappa shape index (κ3) is 4.22. The van der Waals surface area contributed by atoms with Crippen molar-refractivity contribution in [2.75, 3.05) is 5.32 Å². The fraction of sp³-hybridized carbons (Fsp3) is 0.296. The van der Waals surface area contributed by atoms with Gasteiger partial charge in [-0.15, -0.1) is 0 Å². The van der Waals surface area contributed by atoms with Crippen molar-refractivity contribution in [3.8, 4) is 22.4 Å². The zero-order valence-corrected chi connectivity index (χ0v) is 20.6. The lowest BCUT2D eigenvalue weighted by Gasteiger charge is -2.15. The van der Waals surface area contributed by atoms with Crippen molar-refractivity contribution in [1.29, 1.82) is 0 Å². The van der Waals surface area contributed by atoms with Gasteiger partial charge in [0.15, 0.2) is 0 Å². The highest BCUT2D eigenvalue weighted by Gasteiger charge is 2.51. The van der Waals surface area contributed by atoms with Gasteiger partial charge in [0.1, 0.15) is 11.6 Å². The van der Waals surface area contributed by atoms with E-state index in [1.165, 1.54) is 0 Å². The van der Waals surface area contributed by atoms with Gasteiger partial charge in [0.25, 0.3) is 0 Å². The maximum absolute atomic E-state index is 11.7. The molecule has 1 aliphatic carbocycles. The van der Waals surface area contributed by atoms with Crippen LogP contribution in [0.5, 0.6) is 0 Å². The summed E-state index contributed by atoms with van der Waals surface area (Å²) >= 11 is 0. The number of nitrogens with one attached hydrogen (secondary N) is 1. The highest BCUT2D eigenvalue weighted by molar-refractivity contribution is 5.85. The molecule has 36 heavy (non-hydrogen) atoms. The van der Waals surface area contributed by atoms with E-state index < -0.39 is 11.4 Å². The number of hydrogen-bond donors (Lipinski definition) is 3. The van der Waals surface area contributed by atoms with E-state index in [1.54, 1.807) is 23.3 Å². The maximum Gasteiger partial charge on any atom is 0.314 e. The van der Waals surface area contributed by atoms with Gasteiger partial charge in [-0.25, -0.2) is 4.98 Å². The molecule has 0 bridgehead atoms. The number of aromatic nitrogens is 5.